The number of anilines is 1. The summed E-state index contributed by atoms with van der Waals surface area (Å²) < 4.78 is 10.8. The number of aryl methyl sites for hydroxylation is 1. The molecule has 166 valence electrons. The summed E-state index contributed by atoms with van der Waals surface area (Å²) in [6, 6.07) is 9.24. The summed E-state index contributed by atoms with van der Waals surface area (Å²) in [6.45, 7) is 1.33. The quantitative estimate of drug-likeness (QED) is 0.329. The van der Waals surface area contributed by atoms with Gasteiger partial charge in [-0.15, -0.1) is 0 Å². The Morgan fingerprint density at radius 3 is 2.59 bits per heavy atom. The molecular formula is C19H14Cl3N5O5. The first kappa shape index (κ1) is 23.3. The number of benzene rings is 2. The summed E-state index contributed by atoms with van der Waals surface area (Å²) in [5.41, 5.74) is 4.76. The summed E-state index contributed by atoms with van der Waals surface area (Å²) in [6.07, 6.45) is 1.05. The summed E-state index contributed by atoms with van der Waals surface area (Å²) in [5, 5.41) is 12.8. The fourth-order valence-corrected chi connectivity index (χ4v) is 2.97. The van der Waals surface area contributed by atoms with E-state index < -0.39 is 23.1 Å². The van der Waals surface area contributed by atoms with Crippen molar-refractivity contribution in [2.75, 3.05) is 12.0 Å². The number of halogens is 3. The Kier molecular flexibility index (Phi) is 7.52. The molecule has 10 nitrogen and oxygen atoms in total. The van der Waals surface area contributed by atoms with Crippen LogP contribution in [0.25, 0.3) is 0 Å². The molecule has 2 aromatic carbocycles. The molecular weight excluding hydrogens is 485 g/mol. The van der Waals surface area contributed by atoms with Crippen molar-refractivity contribution < 1.29 is 19.2 Å². The third-order valence-corrected chi connectivity index (χ3v) is 4.84. The third kappa shape index (κ3) is 5.88. The molecule has 0 spiro atoms. The van der Waals surface area contributed by atoms with E-state index in [-0.39, 0.29) is 28.2 Å². The number of rotatable bonds is 8. The molecule has 3 rings (SSSR count). The zero-order chi connectivity index (χ0) is 23.3. The van der Waals surface area contributed by atoms with Crippen LogP contribution in [-0.2, 0) is 4.79 Å². The highest BCUT2D eigenvalue weighted by atomic mass is 35.5. The summed E-state index contributed by atoms with van der Waals surface area (Å²) in [5.74, 6) is -0.735. The van der Waals surface area contributed by atoms with Gasteiger partial charge in [-0.2, -0.15) is 4.98 Å². The number of carbonyl (C=O) groups excluding carboxylic acids is 1. The van der Waals surface area contributed by atoms with Crippen LogP contribution < -0.4 is 20.3 Å². The van der Waals surface area contributed by atoms with Crippen LogP contribution in [0, 0.1) is 17.0 Å². The van der Waals surface area contributed by atoms with Crippen LogP contribution in [0.15, 0.2) is 42.7 Å². The smallest absolute Gasteiger partial charge is 0.374 e. The summed E-state index contributed by atoms with van der Waals surface area (Å²) >= 11 is 17.8. The molecule has 32 heavy (non-hydrogen) atoms. The van der Waals surface area contributed by atoms with Crippen molar-refractivity contribution >= 4 is 52.2 Å². The highest BCUT2D eigenvalue weighted by molar-refractivity contribution is 6.35. The van der Waals surface area contributed by atoms with E-state index in [0.717, 1.165) is 6.33 Å². The number of ether oxygens (including phenoxy) is 2. The maximum Gasteiger partial charge on any atom is 0.374 e. The van der Waals surface area contributed by atoms with Crippen LogP contribution >= 0.6 is 34.8 Å². The lowest BCUT2D eigenvalue weighted by Crippen LogP contribution is -2.34. The Balaban J connectivity index is 1.69. The van der Waals surface area contributed by atoms with Gasteiger partial charge in [0.05, 0.1) is 9.95 Å². The summed E-state index contributed by atoms with van der Waals surface area (Å²) in [7, 11) is 0. The molecule has 13 heteroatoms. The number of amides is 1. The Bertz CT molecular complexity index is 1180. The highest BCUT2D eigenvalue weighted by Crippen LogP contribution is 2.34. The third-order valence-electron chi connectivity index (χ3n) is 3.89. The topological polar surface area (TPSA) is 129 Å². The number of aromatic nitrogens is 2. The second-order valence-corrected chi connectivity index (χ2v) is 7.43. The molecule has 0 bridgehead atoms. The number of nitro groups is 1. The predicted molar refractivity (Wildman–Crippen MR) is 119 cm³/mol. The van der Waals surface area contributed by atoms with Crippen LogP contribution in [0.1, 0.15) is 5.56 Å². The number of carbonyl (C=O) groups is 1. The first-order valence-corrected chi connectivity index (χ1v) is 9.94. The fraction of sp³-hybridized carbons (Fsp3) is 0.105. The van der Waals surface area contributed by atoms with Crippen molar-refractivity contribution in [2.45, 2.75) is 6.92 Å². The molecule has 2 N–H and O–H groups in total. The van der Waals surface area contributed by atoms with Gasteiger partial charge in [0.1, 0.15) is 17.8 Å². The molecule has 0 unspecified atom stereocenters. The van der Waals surface area contributed by atoms with Crippen molar-refractivity contribution in [1.29, 1.82) is 0 Å². The lowest BCUT2D eigenvalue weighted by atomic mass is 10.2. The molecule has 0 atom stereocenters. The molecule has 0 saturated heterocycles. The van der Waals surface area contributed by atoms with E-state index in [1.165, 1.54) is 18.2 Å². The molecule has 0 saturated carbocycles. The van der Waals surface area contributed by atoms with Crippen molar-refractivity contribution in [3.8, 4) is 17.4 Å². The second kappa shape index (κ2) is 10.3. The predicted octanol–water partition coefficient (Wildman–Crippen LogP) is 4.97. The largest absolute Gasteiger partial charge is 0.482 e. The van der Waals surface area contributed by atoms with E-state index in [1.807, 2.05) is 0 Å². The van der Waals surface area contributed by atoms with Crippen molar-refractivity contribution in [1.82, 2.24) is 15.4 Å². The van der Waals surface area contributed by atoms with Crippen LogP contribution in [0.3, 0.4) is 0 Å². The summed E-state index contributed by atoms with van der Waals surface area (Å²) in [4.78, 5) is 30.5. The Morgan fingerprint density at radius 1 is 1.12 bits per heavy atom. The molecule has 0 aliphatic rings. The van der Waals surface area contributed by atoms with Crippen molar-refractivity contribution in [3.63, 3.8) is 0 Å². The monoisotopic (exact) mass is 497 g/mol. The van der Waals surface area contributed by atoms with Gasteiger partial charge in [0, 0.05) is 10.0 Å². The zero-order valence-electron chi connectivity index (χ0n) is 16.3. The first-order valence-electron chi connectivity index (χ1n) is 8.80. The van der Waals surface area contributed by atoms with Crippen molar-refractivity contribution in [3.05, 3.63) is 73.5 Å². The Hall–Kier alpha value is -3.34. The second-order valence-electron chi connectivity index (χ2n) is 6.18. The fourth-order valence-electron chi connectivity index (χ4n) is 2.39. The van der Waals surface area contributed by atoms with Crippen LogP contribution in [0.2, 0.25) is 15.1 Å². The molecule has 1 aromatic heterocycles. The highest BCUT2D eigenvalue weighted by Gasteiger charge is 2.25. The van der Waals surface area contributed by atoms with Crippen molar-refractivity contribution in [2.24, 2.45) is 0 Å². The van der Waals surface area contributed by atoms with Gasteiger partial charge in [0.25, 0.3) is 5.91 Å². The van der Waals surface area contributed by atoms with E-state index in [4.69, 9.17) is 44.3 Å². The molecule has 1 heterocycles. The average molecular weight is 499 g/mol. The van der Waals surface area contributed by atoms with Gasteiger partial charge in [-0.05, 0) is 48.9 Å². The van der Waals surface area contributed by atoms with Gasteiger partial charge in [0.2, 0.25) is 5.82 Å². The van der Waals surface area contributed by atoms with Gasteiger partial charge < -0.3 is 9.47 Å². The standard InChI is InChI=1S/C19H14Cl3N5O5/c1-10-6-12(3-4-13(10)21)32-19-17(27(29)30)18(23-9-24-19)26-25-16(28)8-31-15-5-2-11(20)7-14(15)22/h2-7,9H,8H2,1H3,(H,25,28)(H,23,24,26). The van der Waals surface area contributed by atoms with E-state index in [2.05, 4.69) is 20.8 Å². The number of hydrazine groups is 1. The maximum absolute atomic E-state index is 12.1. The minimum atomic E-state index is -0.740. The van der Waals surface area contributed by atoms with E-state index in [9.17, 15) is 14.9 Å². The number of hydrogen-bond acceptors (Lipinski definition) is 8. The van der Waals surface area contributed by atoms with Crippen LogP contribution in [0.5, 0.6) is 17.4 Å². The van der Waals surface area contributed by atoms with Gasteiger partial charge in [-0.25, -0.2) is 4.98 Å². The molecule has 0 radical (unpaired) electrons. The molecule has 0 aliphatic carbocycles. The number of nitrogens with zero attached hydrogens (tertiary/aromatic N) is 3. The minimum Gasteiger partial charge on any atom is -0.482 e. The van der Waals surface area contributed by atoms with Gasteiger partial charge in [-0.1, -0.05) is 34.8 Å². The molecule has 3 aromatic rings. The Morgan fingerprint density at radius 2 is 1.91 bits per heavy atom. The van der Waals surface area contributed by atoms with Gasteiger partial charge in [-0.3, -0.25) is 25.8 Å². The van der Waals surface area contributed by atoms with E-state index in [1.54, 1.807) is 25.1 Å². The SMILES string of the molecule is Cc1cc(Oc2ncnc(NNC(=O)COc3ccc(Cl)cc3Cl)c2[N+](=O)[O-])ccc1Cl. The van der Waals surface area contributed by atoms with Crippen LogP contribution in [0.4, 0.5) is 11.5 Å². The van der Waals surface area contributed by atoms with Gasteiger partial charge >= 0.3 is 11.6 Å². The number of nitrogens with one attached hydrogen (secondary N) is 2. The van der Waals surface area contributed by atoms with Crippen LogP contribution in [-0.4, -0.2) is 27.4 Å². The minimum absolute atomic E-state index is 0.226. The maximum atomic E-state index is 12.1. The molecule has 1 amide bonds. The molecule has 0 aliphatic heterocycles. The Labute approximate surface area is 196 Å². The van der Waals surface area contributed by atoms with Gasteiger partial charge in [0.15, 0.2) is 6.61 Å². The number of hydrogen-bond donors (Lipinski definition) is 2. The normalized spacial score (nSPS) is 10.4. The zero-order valence-corrected chi connectivity index (χ0v) is 18.5. The molecule has 0 fully saturated rings. The average Bonchev–Trinajstić information content (AvgIpc) is 2.74. The lowest BCUT2D eigenvalue weighted by molar-refractivity contribution is -0.385. The van der Waals surface area contributed by atoms with E-state index in [0.29, 0.717) is 15.6 Å². The first-order chi connectivity index (χ1) is 15.2. The lowest BCUT2D eigenvalue weighted by Gasteiger charge is -2.11. The van der Waals surface area contributed by atoms with E-state index >= 15 is 0 Å².